The molecule has 0 bridgehead atoms. The summed E-state index contributed by atoms with van der Waals surface area (Å²) >= 11 is 0. The molecule has 1 amide bonds. The summed E-state index contributed by atoms with van der Waals surface area (Å²) in [6.45, 7) is 0.844. The van der Waals surface area contributed by atoms with Crippen molar-refractivity contribution in [1.82, 2.24) is 19.8 Å². The molecule has 0 saturated carbocycles. The molecule has 9 nitrogen and oxygen atoms in total. The van der Waals surface area contributed by atoms with Gasteiger partial charge in [-0.1, -0.05) is 17.3 Å². The molecule has 0 spiro atoms. The van der Waals surface area contributed by atoms with Crippen LogP contribution in [0.2, 0.25) is 0 Å². The number of piperidine rings is 1. The number of aromatic nitrogens is 2. The van der Waals surface area contributed by atoms with Crippen molar-refractivity contribution < 1.29 is 22.5 Å². The maximum atomic E-state index is 12.3. The minimum Gasteiger partial charge on any atom is -0.497 e. The number of carbonyl (C=O) groups excluding carboxylic acids is 1. The lowest BCUT2D eigenvalue weighted by molar-refractivity contribution is -0.126. The Morgan fingerprint density at radius 2 is 2.11 bits per heavy atom. The number of nitrogens with zero attached hydrogens (tertiary/aromatic N) is 3. The molecule has 0 unspecified atom stereocenters. The van der Waals surface area contributed by atoms with E-state index in [2.05, 4.69) is 15.5 Å². The van der Waals surface area contributed by atoms with Crippen molar-refractivity contribution in [3.63, 3.8) is 0 Å². The zero-order valence-corrected chi connectivity index (χ0v) is 16.0. The molecule has 1 fully saturated rings. The van der Waals surface area contributed by atoms with Crippen LogP contribution in [0.25, 0.3) is 11.4 Å². The standard InChI is InChI=1S/C17H22N4O5S/c1-25-14-5-3-4-13(10-14)16-19-15(26-20-16)11-18-17(22)12-6-8-21(9-7-12)27(2,23)24/h3-5,10,12H,6-9,11H2,1-2H3,(H,18,22). The summed E-state index contributed by atoms with van der Waals surface area (Å²) in [5, 5.41) is 6.70. The van der Waals surface area contributed by atoms with E-state index in [-0.39, 0.29) is 18.4 Å². The molecule has 1 aliphatic heterocycles. The highest BCUT2D eigenvalue weighted by molar-refractivity contribution is 7.88. The van der Waals surface area contributed by atoms with E-state index in [1.807, 2.05) is 18.2 Å². The van der Waals surface area contributed by atoms with Crippen molar-refractivity contribution >= 4 is 15.9 Å². The normalized spacial score (nSPS) is 16.2. The summed E-state index contributed by atoms with van der Waals surface area (Å²) in [5.41, 5.74) is 0.754. The molecular formula is C17H22N4O5S. The van der Waals surface area contributed by atoms with Crippen LogP contribution < -0.4 is 10.1 Å². The largest absolute Gasteiger partial charge is 0.497 e. The number of carbonyl (C=O) groups is 1. The third-order valence-electron chi connectivity index (χ3n) is 4.50. The summed E-state index contributed by atoms with van der Waals surface area (Å²) in [5.74, 6) is 1.05. The molecule has 146 valence electrons. The van der Waals surface area contributed by atoms with Crippen molar-refractivity contribution in [2.45, 2.75) is 19.4 Å². The number of nitrogens with one attached hydrogen (secondary N) is 1. The van der Waals surface area contributed by atoms with Gasteiger partial charge < -0.3 is 14.6 Å². The summed E-state index contributed by atoms with van der Waals surface area (Å²) in [4.78, 5) is 16.6. The van der Waals surface area contributed by atoms with Gasteiger partial charge in [0.1, 0.15) is 5.75 Å². The summed E-state index contributed by atoms with van der Waals surface area (Å²) < 4.78 is 34.8. The predicted octanol–water partition coefficient (Wildman–Crippen LogP) is 1.03. The number of methoxy groups -OCH3 is 1. The van der Waals surface area contributed by atoms with Crippen LogP contribution >= 0.6 is 0 Å². The number of rotatable bonds is 6. The van der Waals surface area contributed by atoms with Crippen LogP contribution in [0.5, 0.6) is 5.75 Å². The van der Waals surface area contributed by atoms with Crippen molar-refractivity contribution in [2.24, 2.45) is 5.92 Å². The molecule has 2 heterocycles. The molecule has 2 aromatic rings. The van der Waals surface area contributed by atoms with Gasteiger partial charge in [-0.05, 0) is 25.0 Å². The smallest absolute Gasteiger partial charge is 0.246 e. The Morgan fingerprint density at radius 3 is 2.78 bits per heavy atom. The van der Waals surface area contributed by atoms with E-state index in [4.69, 9.17) is 9.26 Å². The van der Waals surface area contributed by atoms with Gasteiger partial charge in [-0.15, -0.1) is 0 Å². The van der Waals surface area contributed by atoms with Crippen LogP contribution in [0.4, 0.5) is 0 Å². The maximum absolute atomic E-state index is 12.3. The zero-order valence-electron chi connectivity index (χ0n) is 15.2. The van der Waals surface area contributed by atoms with Gasteiger partial charge in [0.15, 0.2) is 0 Å². The highest BCUT2D eigenvalue weighted by Gasteiger charge is 2.29. The second kappa shape index (κ2) is 8.05. The van der Waals surface area contributed by atoms with Crippen LogP contribution in [0.1, 0.15) is 18.7 Å². The van der Waals surface area contributed by atoms with Crippen LogP contribution in [-0.4, -0.2) is 55.2 Å². The van der Waals surface area contributed by atoms with Gasteiger partial charge >= 0.3 is 0 Å². The Hall–Kier alpha value is -2.46. The lowest BCUT2D eigenvalue weighted by Crippen LogP contribution is -2.42. The van der Waals surface area contributed by atoms with Crippen LogP contribution in [0.3, 0.4) is 0 Å². The van der Waals surface area contributed by atoms with E-state index in [0.29, 0.717) is 43.4 Å². The molecule has 27 heavy (non-hydrogen) atoms. The molecule has 1 aromatic carbocycles. The molecule has 0 radical (unpaired) electrons. The van der Waals surface area contributed by atoms with E-state index in [1.54, 1.807) is 13.2 Å². The topological polar surface area (TPSA) is 115 Å². The Balaban J connectivity index is 1.53. The fourth-order valence-electron chi connectivity index (χ4n) is 2.96. The van der Waals surface area contributed by atoms with Gasteiger partial charge in [0, 0.05) is 24.6 Å². The van der Waals surface area contributed by atoms with Gasteiger partial charge in [-0.2, -0.15) is 4.98 Å². The molecule has 1 N–H and O–H groups in total. The fourth-order valence-corrected chi connectivity index (χ4v) is 3.84. The van der Waals surface area contributed by atoms with Crippen LogP contribution in [-0.2, 0) is 21.4 Å². The van der Waals surface area contributed by atoms with E-state index < -0.39 is 10.0 Å². The van der Waals surface area contributed by atoms with Crippen molar-refractivity contribution in [1.29, 1.82) is 0 Å². The Labute approximate surface area is 157 Å². The maximum Gasteiger partial charge on any atom is 0.246 e. The number of hydrogen-bond donors (Lipinski definition) is 1. The molecular weight excluding hydrogens is 372 g/mol. The first-order chi connectivity index (χ1) is 12.9. The zero-order chi connectivity index (χ0) is 19.4. The number of amides is 1. The van der Waals surface area contributed by atoms with Crippen molar-refractivity contribution in [3.8, 4) is 17.1 Å². The highest BCUT2D eigenvalue weighted by atomic mass is 32.2. The summed E-state index contributed by atoms with van der Waals surface area (Å²) in [6, 6.07) is 7.28. The fraction of sp³-hybridized carbons (Fsp3) is 0.471. The number of sulfonamides is 1. The molecule has 10 heteroatoms. The monoisotopic (exact) mass is 394 g/mol. The molecule has 0 aliphatic carbocycles. The molecule has 1 aromatic heterocycles. The minimum absolute atomic E-state index is 0.127. The highest BCUT2D eigenvalue weighted by Crippen LogP contribution is 2.22. The average Bonchev–Trinajstić information content (AvgIpc) is 3.14. The first-order valence-electron chi connectivity index (χ1n) is 8.56. The lowest BCUT2D eigenvalue weighted by Gasteiger charge is -2.29. The number of benzene rings is 1. The van der Waals surface area contributed by atoms with Gasteiger partial charge in [0.25, 0.3) is 0 Å². The van der Waals surface area contributed by atoms with Gasteiger partial charge in [0.05, 0.1) is 19.9 Å². The Morgan fingerprint density at radius 1 is 1.37 bits per heavy atom. The van der Waals surface area contributed by atoms with Crippen molar-refractivity contribution in [3.05, 3.63) is 30.2 Å². The minimum atomic E-state index is -3.20. The quantitative estimate of drug-likeness (QED) is 0.778. The molecule has 0 atom stereocenters. The van der Waals surface area contributed by atoms with E-state index >= 15 is 0 Å². The summed E-state index contributed by atoms with van der Waals surface area (Å²) in [7, 11) is -1.62. The lowest BCUT2D eigenvalue weighted by atomic mass is 9.97. The Bertz CT molecular complexity index is 904. The van der Waals surface area contributed by atoms with Crippen LogP contribution in [0, 0.1) is 5.92 Å². The van der Waals surface area contributed by atoms with Gasteiger partial charge in [0.2, 0.25) is 27.6 Å². The van der Waals surface area contributed by atoms with E-state index in [1.165, 1.54) is 10.6 Å². The molecule has 1 aliphatic rings. The predicted molar refractivity (Wildman–Crippen MR) is 97.3 cm³/mol. The van der Waals surface area contributed by atoms with E-state index in [9.17, 15) is 13.2 Å². The second-order valence-corrected chi connectivity index (χ2v) is 8.38. The summed E-state index contributed by atoms with van der Waals surface area (Å²) in [6.07, 6.45) is 2.18. The average molecular weight is 394 g/mol. The van der Waals surface area contributed by atoms with Gasteiger partial charge in [-0.25, -0.2) is 12.7 Å². The third kappa shape index (κ3) is 4.83. The number of hydrogen-bond acceptors (Lipinski definition) is 7. The van der Waals surface area contributed by atoms with E-state index in [0.717, 1.165) is 5.56 Å². The molecule has 1 saturated heterocycles. The molecule has 3 rings (SSSR count). The second-order valence-electron chi connectivity index (χ2n) is 6.40. The third-order valence-corrected chi connectivity index (χ3v) is 5.81. The number of ether oxygens (including phenoxy) is 1. The van der Waals surface area contributed by atoms with Crippen molar-refractivity contribution in [2.75, 3.05) is 26.5 Å². The van der Waals surface area contributed by atoms with Crippen LogP contribution in [0.15, 0.2) is 28.8 Å². The SMILES string of the molecule is COc1cccc(-c2noc(CNC(=O)C3CCN(S(C)(=O)=O)CC3)n2)c1. The first-order valence-corrected chi connectivity index (χ1v) is 10.4. The van der Waals surface area contributed by atoms with Gasteiger partial charge in [-0.3, -0.25) is 4.79 Å². The first kappa shape index (κ1) is 19.3. The Kier molecular flexibility index (Phi) is 5.76.